The molecule has 0 aliphatic carbocycles. The lowest BCUT2D eigenvalue weighted by molar-refractivity contribution is -0.384. The molecule has 0 aliphatic heterocycles. The number of hydrogen-bond donors (Lipinski definition) is 0. The predicted octanol–water partition coefficient (Wildman–Crippen LogP) is 3.27. The van der Waals surface area contributed by atoms with E-state index in [0.29, 0.717) is 16.3 Å². The van der Waals surface area contributed by atoms with E-state index in [9.17, 15) is 14.9 Å². The highest BCUT2D eigenvalue weighted by Crippen LogP contribution is 2.29. The van der Waals surface area contributed by atoms with E-state index in [2.05, 4.69) is 0 Å². The third-order valence-electron chi connectivity index (χ3n) is 4.18. The zero-order chi connectivity index (χ0) is 16.8. The highest BCUT2D eigenvalue weighted by Gasteiger charge is 2.15. The fraction of sp³-hybridized carbons (Fsp3) is 0.0556. The normalized spacial score (nSPS) is 11.2. The summed E-state index contributed by atoms with van der Waals surface area (Å²) in [6.07, 6.45) is 0. The summed E-state index contributed by atoms with van der Waals surface area (Å²) in [6.45, 7) is 0. The molecule has 0 radical (unpaired) electrons. The van der Waals surface area contributed by atoms with E-state index in [0.717, 1.165) is 16.2 Å². The maximum absolute atomic E-state index is 12.7. The lowest BCUT2D eigenvalue weighted by Gasteiger charge is -2.12. The van der Waals surface area contributed by atoms with E-state index in [1.165, 1.54) is 30.0 Å². The number of benzene rings is 3. The fourth-order valence-electron chi connectivity index (χ4n) is 3.07. The second-order valence-electron chi connectivity index (χ2n) is 5.49. The Bertz CT molecular complexity index is 1190. The van der Waals surface area contributed by atoms with Crippen LogP contribution in [0.1, 0.15) is 0 Å². The molecule has 4 aromatic rings. The molecule has 0 N–H and O–H groups in total. The monoisotopic (exact) mass is 320 g/mol. The number of nitrogens with zero attached hydrogens (tertiary/aromatic N) is 2. The van der Waals surface area contributed by atoms with E-state index < -0.39 is 4.92 Å². The van der Waals surface area contributed by atoms with Gasteiger partial charge in [-0.3, -0.25) is 14.9 Å². The molecule has 3 aromatic carbocycles. The minimum absolute atomic E-state index is 0.0495. The molecular weight excluding hydrogens is 308 g/mol. The van der Waals surface area contributed by atoms with Crippen LogP contribution in [0.2, 0.25) is 0 Å². The Hall–Kier alpha value is -3.41. The Labute approximate surface area is 135 Å². The lowest BCUT2D eigenvalue weighted by atomic mass is 10.0. The van der Waals surface area contributed by atoms with Crippen molar-refractivity contribution in [1.29, 1.82) is 0 Å². The van der Waals surface area contributed by atoms with Gasteiger partial charge in [-0.1, -0.05) is 24.3 Å². The first-order chi connectivity index (χ1) is 11.6. The summed E-state index contributed by atoms with van der Waals surface area (Å²) in [4.78, 5) is 28.6. The van der Waals surface area contributed by atoms with Crippen LogP contribution in [0.3, 0.4) is 0 Å². The summed E-state index contributed by atoms with van der Waals surface area (Å²) in [5.41, 5.74) is 0.186. The molecule has 0 saturated heterocycles. The van der Waals surface area contributed by atoms with E-state index in [-0.39, 0.29) is 11.2 Å². The van der Waals surface area contributed by atoms with Gasteiger partial charge in [0.25, 0.3) is 11.2 Å². The smallest absolute Gasteiger partial charge is 0.291 e. The molecule has 0 unspecified atom stereocenters. The summed E-state index contributed by atoms with van der Waals surface area (Å²) in [7, 11) is 1.42. The van der Waals surface area contributed by atoms with Crippen molar-refractivity contribution in [2.45, 2.75) is 0 Å². The highest BCUT2D eigenvalue weighted by molar-refractivity contribution is 6.10. The number of rotatable bonds is 2. The highest BCUT2D eigenvalue weighted by atomic mass is 16.6. The van der Waals surface area contributed by atoms with Gasteiger partial charge in [0.1, 0.15) is 7.11 Å². The first kappa shape index (κ1) is 14.2. The molecule has 24 heavy (non-hydrogen) atoms. The number of hydrogen-bond acceptors (Lipinski definition) is 4. The van der Waals surface area contributed by atoms with Crippen LogP contribution in [-0.2, 0) is 0 Å². The van der Waals surface area contributed by atoms with Crippen LogP contribution in [0.5, 0.6) is 0 Å². The molecule has 0 fully saturated rings. The summed E-state index contributed by atoms with van der Waals surface area (Å²) in [5.74, 6) is 0. The molecule has 6 nitrogen and oxygen atoms in total. The average molecular weight is 320 g/mol. The lowest BCUT2D eigenvalue weighted by Crippen LogP contribution is -2.25. The molecule has 0 aliphatic rings. The van der Waals surface area contributed by atoms with Crippen LogP contribution >= 0.6 is 0 Å². The minimum Gasteiger partial charge on any atom is -0.413 e. The van der Waals surface area contributed by atoms with Gasteiger partial charge < -0.3 is 4.84 Å². The van der Waals surface area contributed by atoms with Gasteiger partial charge >= 0.3 is 0 Å². The van der Waals surface area contributed by atoms with Gasteiger partial charge in [-0.25, -0.2) is 0 Å². The Morgan fingerprint density at radius 2 is 1.67 bits per heavy atom. The fourth-order valence-corrected chi connectivity index (χ4v) is 3.07. The first-order valence-corrected chi connectivity index (χ1v) is 7.30. The summed E-state index contributed by atoms with van der Waals surface area (Å²) >= 11 is 0. The van der Waals surface area contributed by atoms with Gasteiger partial charge in [-0.05, 0) is 29.0 Å². The second kappa shape index (κ2) is 5.06. The van der Waals surface area contributed by atoms with Crippen molar-refractivity contribution in [2.75, 3.05) is 7.11 Å². The van der Waals surface area contributed by atoms with Crippen molar-refractivity contribution in [1.82, 2.24) is 4.73 Å². The van der Waals surface area contributed by atoms with Gasteiger partial charge in [-0.15, -0.1) is 4.73 Å². The molecule has 0 spiro atoms. The minimum atomic E-state index is -0.464. The standard InChI is InChI=1S/C18H12N2O4/c1-24-19-17-9-12-5-3-2-4-11(12)8-16(17)15-10-13(20(22)23)6-7-14(15)18(19)21/h2-10H,1H3. The Kier molecular flexibility index (Phi) is 2.99. The maximum atomic E-state index is 12.7. The van der Waals surface area contributed by atoms with Gasteiger partial charge in [-0.2, -0.15) is 0 Å². The van der Waals surface area contributed by atoms with Gasteiger partial charge in [0.05, 0.1) is 15.8 Å². The number of pyridine rings is 1. The Balaban J connectivity index is 2.29. The van der Waals surface area contributed by atoms with Crippen molar-refractivity contribution >= 4 is 38.1 Å². The van der Waals surface area contributed by atoms with Crippen LogP contribution in [0, 0.1) is 10.1 Å². The summed E-state index contributed by atoms with van der Waals surface area (Å²) in [6, 6.07) is 15.8. The number of non-ortho nitro benzene ring substituents is 1. The molecule has 6 heteroatoms. The largest absolute Gasteiger partial charge is 0.413 e. The van der Waals surface area contributed by atoms with Crippen LogP contribution in [0.4, 0.5) is 5.69 Å². The van der Waals surface area contributed by atoms with Crippen molar-refractivity contribution in [3.05, 3.63) is 75.1 Å². The number of fused-ring (bicyclic) bond motifs is 4. The number of nitro groups is 1. The van der Waals surface area contributed by atoms with Crippen LogP contribution in [0.25, 0.3) is 32.4 Å². The van der Waals surface area contributed by atoms with Crippen LogP contribution in [-0.4, -0.2) is 16.8 Å². The predicted molar refractivity (Wildman–Crippen MR) is 92.4 cm³/mol. The van der Waals surface area contributed by atoms with Gasteiger partial charge in [0.2, 0.25) is 0 Å². The molecule has 118 valence electrons. The molecular formula is C18H12N2O4. The van der Waals surface area contributed by atoms with Crippen molar-refractivity contribution in [2.24, 2.45) is 0 Å². The number of aromatic nitrogens is 1. The molecule has 0 amide bonds. The Morgan fingerprint density at radius 3 is 2.33 bits per heavy atom. The third kappa shape index (κ3) is 1.93. The average Bonchev–Trinajstić information content (AvgIpc) is 2.60. The molecule has 0 atom stereocenters. The van der Waals surface area contributed by atoms with Gasteiger partial charge in [0.15, 0.2) is 0 Å². The number of nitro benzene ring substituents is 1. The molecule has 4 rings (SSSR count). The first-order valence-electron chi connectivity index (χ1n) is 7.30. The third-order valence-corrected chi connectivity index (χ3v) is 4.18. The summed E-state index contributed by atoms with van der Waals surface area (Å²) in [5, 5.41) is 14.7. The van der Waals surface area contributed by atoms with Gasteiger partial charge in [0, 0.05) is 22.9 Å². The van der Waals surface area contributed by atoms with E-state index in [1.807, 2.05) is 36.4 Å². The summed E-state index contributed by atoms with van der Waals surface area (Å²) < 4.78 is 1.22. The van der Waals surface area contributed by atoms with Crippen molar-refractivity contribution in [3.63, 3.8) is 0 Å². The molecule has 1 heterocycles. The Morgan fingerprint density at radius 1 is 0.958 bits per heavy atom. The zero-order valence-electron chi connectivity index (χ0n) is 12.7. The quantitative estimate of drug-likeness (QED) is 0.246. The SMILES string of the molecule is COn1c(=O)c2ccc([N+](=O)[O-])cc2c2cc3ccccc3cc21. The molecule has 0 saturated carbocycles. The topological polar surface area (TPSA) is 74.4 Å². The molecule has 1 aromatic heterocycles. The van der Waals surface area contributed by atoms with E-state index >= 15 is 0 Å². The maximum Gasteiger partial charge on any atom is 0.291 e. The van der Waals surface area contributed by atoms with Crippen molar-refractivity contribution < 1.29 is 9.76 Å². The van der Waals surface area contributed by atoms with Crippen LogP contribution in [0.15, 0.2) is 59.4 Å². The van der Waals surface area contributed by atoms with Crippen molar-refractivity contribution in [3.8, 4) is 0 Å². The molecule has 0 bridgehead atoms. The zero-order valence-corrected chi connectivity index (χ0v) is 12.7. The second-order valence-corrected chi connectivity index (χ2v) is 5.49. The van der Waals surface area contributed by atoms with E-state index in [4.69, 9.17) is 4.84 Å². The van der Waals surface area contributed by atoms with E-state index in [1.54, 1.807) is 0 Å². The van der Waals surface area contributed by atoms with Crippen LogP contribution < -0.4 is 10.4 Å².